The van der Waals surface area contributed by atoms with Gasteiger partial charge in [0, 0.05) is 24.5 Å². The molecule has 5 aliphatic rings. The Morgan fingerprint density at radius 3 is 2.50 bits per heavy atom. The van der Waals surface area contributed by atoms with E-state index in [2.05, 4.69) is 34.1 Å². The monoisotopic (exact) mass is 410 g/mol. The zero-order chi connectivity index (χ0) is 20.1. The van der Waals surface area contributed by atoms with Gasteiger partial charge in [0.15, 0.2) is 0 Å². The molecule has 162 valence electrons. The summed E-state index contributed by atoms with van der Waals surface area (Å²) in [6.45, 7) is 3.70. The number of amides is 1. The SMILES string of the molecule is O=C(O[C@H]1CCOC1)N1C2CCC1CC(N1CCC3(CCc4ccccc43)CC1)C2. The van der Waals surface area contributed by atoms with Crippen LogP contribution < -0.4 is 0 Å². The van der Waals surface area contributed by atoms with Crippen LogP contribution in [0.15, 0.2) is 24.3 Å². The molecular weight excluding hydrogens is 376 g/mol. The first-order valence-corrected chi connectivity index (χ1v) is 12.1. The van der Waals surface area contributed by atoms with Gasteiger partial charge < -0.3 is 19.3 Å². The Bertz CT molecular complexity index is 783. The van der Waals surface area contributed by atoms with Crippen molar-refractivity contribution in [3.8, 4) is 0 Å². The predicted molar refractivity (Wildman–Crippen MR) is 115 cm³/mol. The first-order chi connectivity index (χ1) is 14.7. The Balaban J connectivity index is 1.08. The van der Waals surface area contributed by atoms with Gasteiger partial charge in [-0.3, -0.25) is 0 Å². The van der Waals surface area contributed by atoms with Crippen LogP contribution in [-0.2, 0) is 21.3 Å². The van der Waals surface area contributed by atoms with E-state index in [9.17, 15) is 4.79 Å². The van der Waals surface area contributed by atoms with Gasteiger partial charge in [0.25, 0.3) is 0 Å². The highest BCUT2D eigenvalue weighted by Crippen LogP contribution is 2.47. The normalized spacial score (nSPS) is 35.0. The van der Waals surface area contributed by atoms with E-state index in [-0.39, 0.29) is 12.2 Å². The van der Waals surface area contributed by atoms with Crippen molar-refractivity contribution in [1.82, 2.24) is 9.80 Å². The molecular formula is C25H34N2O3. The third kappa shape index (κ3) is 3.16. The minimum Gasteiger partial charge on any atom is -0.444 e. The summed E-state index contributed by atoms with van der Waals surface area (Å²) in [4.78, 5) is 17.7. The lowest BCUT2D eigenvalue weighted by atomic mass is 9.73. The molecule has 2 unspecified atom stereocenters. The summed E-state index contributed by atoms with van der Waals surface area (Å²) in [5, 5.41) is 0. The van der Waals surface area contributed by atoms with Gasteiger partial charge in [0.05, 0.1) is 13.2 Å². The maximum Gasteiger partial charge on any atom is 0.410 e. The highest BCUT2D eigenvalue weighted by atomic mass is 16.6. The lowest BCUT2D eigenvalue weighted by Crippen LogP contribution is -2.55. The molecule has 5 nitrogen and oxygen atoms in total. The van der Waals surface area contributed by atoms with Gasteiger partial charge in [0.2, 0.25) is 0 Å². The van der Waals surface area contributed by atoms with Crippen molar-refractivity contribution in [3.05, 3.63) is 35.4 Å². The molecule has 1 spiro atoms. The second kappa shape index (κ2) is 7.52. The average Bonchev–Trinajstić information content (AvgIpc) is 3.47. The topological polar surface area (TPSA) is 42.0 Å². The number of hydrogen-bond acceptors (Lipinski definition) is 4. The van der Waals surface area contributed by atoms with Crippen LogP contribution in [0.1, 0.15) is 62.5 Å². The minimum atomic E-state index is -0.0865. The molecule has 0 aromatic heterocycles. The number of likely N-dealkylation sites (tertiary alicyclic amines) is 1. The van der Waals surface area contributed by atoms with E-state index in [0.29, 0.717) is 36.8 Å². The van der Waals surface area contributed by atoms with Crippen molar-refractivity contribution in [2.45, 2.75) is 87.4 Å². The number of nitrogens with zero attached hydrogens (tertiary/aromatic N) is 2. The summed E-state index contributed by atoms with van der Waals surface area (Å²) < 4.78 is 11.1. The minimum absolute atomic E-state index is 0.0396. The predicted octanol–water partition coefficient (Wildman–Crippen LogP) is 3.89. The third-order valence-corrected chi connectivity index (χ3v) is 8.81. The summed E-state index contributed by atoms with van der Waals surface area (Å²) in [7, 11) is 0. The number of fused-ring (bicyclic) bond motifs is 4. The molecule has 30 heavy (non-hydrogen) atoms. The van der Waals surface area contributed by atoms with Gasteiger partial charge in [-0.1, -0.05) is 24.3 Å². The van der Waals surface area contributed by atoms with Crippen LogP contribution in [0, 0.1) is 0 Å². The van der Waals surface area contributed by atoms with Crippen LogP contribution >= 0.6 is 0 Å². The number of aryl methyl sites for hydroxylation is 1. The molecule has 1 aliphatic carbocycles. The fourth-order valence-electron chi connectivity index (χ4n) is 7.15. The lowest BCUT2D eigenvalue weighted by molar-refractivity contribution is 0.00914. The van der Waals surface area contributed by atoms with Crippen LogP contribution in [0.25, 0.3) is 0 Å². The summed E-state index contributed by atoms with van der Waals surface area (Å²) >= 11 is 0. The molecule has 1 aromatic rings. The van der Waals surface area contributed by atoms with Gasteiger partial charge in [-0.05, 0) is 81.0 Å². The van der Waals surface area contributed by atoms with Gasteiger partial charge >= 0.3 is 6.09 Å². The Kier molecular flexibility index (Phi) is 4.80. The molecule has 5 heteroatoms. The molecule has 4 heterocycles. The van der Waals surface area contributed by atoms with Gasteiger partial charge in [0.1, 0.15) is 6.10 Å². The van der Waals surface area contributed by atoms with E-state index in [1.54, 1.807) is 11.1 Å². The number of benzene rings is 1. The van der Waals surface area contributed by atoms with E-state index >= 15 is 0 Å². The molecule has 1 amide bonds. The molecule has 2 bridgehead atoms. The highest BCUT2D eigenvalue weighted by molar-refractivity contribution is 5.69. The molecule has 0 saturated carbocycles. The largest absolute Gasteiger partial charge is 0.444 e. The molecule has 3 atom stereocenters. The maximum atomic E-state index is 12.8. The van der Waals surface area contributed by atoms with Gasteiger partial charge in [-0.2, -0.15) is 0 Å². The Labute approximate surface area is 179 Å². The van der Waals surface area contributed by atoms with Crippen molar-refractivity contribution < 1.29 is 14.3 Å². The zero-order valence-electron chi connectivity index (χ0n) is 17.9. The fraction of sp³-hybridized carbons (Fsp3) is 0.720. The van der Waals surface area contributed by atoms with Crippen LogP contribution in [0.4, 0.5) is 4.79 Å². The van der Waals surface area contributed by atoms with Crippen LogP contribution in [0.3, 0.4) is 0 Å². The smallest absolute Gasteiger partial charge is 0.410 e. The van der Waals surface area contributed by atoms with Gasteiger partial charge in [-0.15, -0.1) is 0 Å². The summed E-state index contributed by atoms with van der Waals surface area (Å²) in [5.74, 6) is 0. The quantitative estimate of drug-likeness (QED) is 0.742. The molecule has 4 fully saturated rings. The lowest BCUT2D eigenvalue weighted by Gasteiger charge is -2.47. The average molecular weight is 411 g/mol. The second-order valence-corrected chi connectivity index (χ2v) is 10.3. The standard InChI is InChI=1S/C25H34N2O3/c28-24(30-22-8-14-29-17-22)27-19-5-6-20(27)16-21(15-19)26-12-10-25(11-13-26)9-7-18-3-1-2-4-23(18)25/h1-4,19-22H,5-17H2/t19?,20?,21?,22-/m0/s1. The Morgan fingerprint density at radius 2 is 1.77 bits per heavy atom. The third-order valence-electron chi connectivity index (χ3n) is 8.81. The van der Waals surface area contributed by atoms with Crippen LogP contribution in [0.5, 0.6) is 0 Å². The molecule has 4 saturated heterocycles. The first-order valence-electron chi connectivity index (χ1n) is 12.1. The van der Waals surface area contributed by atoms with E-state index in [1.165, 1.54) is 38.8 Å². The number of carbonyl (C=O) groups excluding carboxylic acids is 1. The molecule has 0 N–H and O–H groups in total. The van der Waals surface area contributed by atoms with Crippen LogP contribution in [-0.4, -0.2) is 66.4 Å². The Morgan fingerprint density at radius 1 is 1.00 bits per heavy atom. The number of rotatable bonds is 2. The summed E-state index contributed by atoms with van der Waals surface area (Å²) in [6.07, 6.45) is 10.4. The maximum absolute atomic E-state index is 12.8. The second-order valence-electron chi connectivity index (χ2n) is 10.3. The van der Waals surface area contributed by atoms with Crippen molar-refractivity contribution in [3.63, 3.8) is 0 Å². The van der Waals surface area contributed by atoms with E-state index in [4.69, 9.17) is 9.47 Å². The van der Waals surface area contributed by atoms with Crippen molar-refractivity contribution >= 4 is 6.09 Å². The number of piperidine rings is 2. The number of ether oxygens (including phenoxy) is 2. The van der Waals surface area contributed by atoms with Crippen molar-refractivity contribution in [1.29, 1.82) is 0 Å². The fourth-order valence-corrected chi connectivity index (χ4v) is 7.15. The first kappa shape index (κ1) is 19.1. The van der Waals surface area contributed by atoms with E-state index in [1.807, 2.05) is 0 Å². The molecule has 1 aromatic carbocycles. The van der Waals surface area contributed by atoms with Crippen molar-refractivity contribution in [2.24, 2.45) is 0 Å². The Hall–Kier alpha value is -1.59. The van der Waals surface area contributed by atoms with Gasteiger partial charge in [-0.25, -0.2) is 4.79 Å². The summed E-state index contributed by atoms with van der Waals surface area (Å²) in [5.41, 5.74) is 3.65. The highest BCUT2D eigenvalue weighted by Gasteiger charge is 2.48. The number of hydrogen-bond donors (Lipinski definition) is 0. The van der Waals surface area contributed by atoms with E-state index < -0.39 is 0 Å². The summed E-state index contributed by atoms with van der Waals surface area (Å²) in [6, 6.07) is 10.5. The molecule has 0 radical (unpaired) electrons. The molecule has 6 rings (SSSR count). The molecule has 4 aliphatic heterocycles. The zero-order valence-corrected chi connectivity index (χ0v) is 17.9. The number of carbonyl (C=O) groups is 1. The van der Waals surface area contributed by atoms with E-state index in [0.717, 1.165) is 32.1 Å². The van der Waals surface area contributed by atoms with Crippen molar-refractivity contribution in [2.75, 3.05) is 26.3 Å². The van der Waals surface area contributed by atoms with Crippen LogP contribution in [0.2, 0.25) is 0 Å².